The monoisotopic (exact) mass is 280 g/mol. The van der Waals surface area contributed by atoms with Crippen LogP contribution in [0, 0.1) is 0 Å². The van der Waals surface area contributed by atoms with Gasteiger partial charge in [-0.15, -0.1) is 0 Å². The molecule has 0 bridgehead atoms. The van der Waals surface area contributed by atoms with Crippen LogP contribution in [-0.2, 0) is 9.53 Å². The molecular formula is C14H20N2O4. The maximum atomic E-state index is 11.2. The Bertz CT molecular complexity index is 458. The van der Waals surface area contributed by atoms with Crippen molar-refractivity contribution < 1.29 is 19.0 Å². The van der Waals surface area contributed by atoms with Gasteiger partial charge in [-0.2, -0.15) is 0 Å². The van der Waals surface area contributed by atoms with Gasteiger partial charge in [0.25, 0.3) is 0 Å². The molecule has 0 aliphatic carbocycles. The third-order valence-electron chi connectivity index (χ3n) is 3.20. The number of hydrogen-bond acceptors (Lipinski definition) is 6. The molecule has 0 atom stereocenters. The van der Waals surface area contributed by atoms with E-state index in [1.54, 1.807) is 7.11 Å². The largest absolute Gasteiger partial charge is 0.493 e. The molecular weight excluding hydrogens is 260 g/mol. The summed E-state index contributed by atoms with van der Waals surface area (Å²) in [4.78, 5) is 13.4. The van der Waals surface area contributed by atoms with E-state index < -0.39 is 5.97 Å². The van der Waals surface area contributed by atoms with Crippen LogP contribution >= 0.6 is 0 Å². The van der Waals surface area contributed by atoms with Crippen LogP contribution in [-0.4, -0.2) is 53.0 Å². The Labute approximate surface area is 118 Å². The minimum atomic E-state index is -0.417. The van der Waals surface area contributed by atoms with Gasteiger partial charge in [0.15, 0.2) is 18.1 Å². The number of rotatable bonds is 5. The van der Waals surface area contributed by atoms with Gasteiger partial charge < -0.3 is 24.4 Å². The van der Waals surface area contributed by atoms with Crippen molar-refractivity contribution in [3.63, 3.8) is 0 Å². The Morgan fingerprint density at radius 1 is 1.25 bits per heavy atom. The van der Waals surface area contributed by atoms with E-state index in [1.807, 2.05) is 18.2 Å². The van der Waals surface area contributed by atoms with E-state index in [9.17, 15) is 4.79 Å². The van der Waals surface area contributed by atoms with Crippen LogP contribution in [0.25, 0.3) is 0 Å². The number of ether oxygens (including phenoxy) is 3. The number of nitrogens with one attached hydrogen (secondary N) is 1. The van der Waals surface area contributed by atoms with Gasteiger partial charge in [0, 0.05) is 37.9 Å². The van der Waals surface area contributed by atoms with Crippen LogP contribution < -0.4 is 19.7 Å². The van der Waals surface area contributed by atoms with Crippen molar-refractivity contribution in [3.8, 4) is 11.5 Å². The fourth-order valence-corrected chi connectivity index (χ4v) is 2.09. The summed E-state index contributed by atoms with van der Waals surface area (Å²) in [6.07, 6.45) is 0. The van der Waals surface area contributed by atoms with Crippen LogP contribution in [0.15, 0.2) is 18.2 Å². The molecule has 0 spiro atoms. The first kappa shape index (κ1) is 14.5. The second kappa shape index (κ2) is 7.00. The Balaban J connectivity index is 2.12. The predicted octanol–water partition coefficient (Wildman–Crippen LogP) is 0.657. The molecule has 0 unspecified atom stereocenters. The number of anilines is 1. The average Bonchev–Trinajstić information content (AvgIpc) is 2.53. The molecule has 1 fully saturated rings. The minimum Gasteiger partial charge on any atom is -0.493 e. The van der Waals surface area contributed by atoms with E-state index in [2.05, 4.69) is 15.0 Å². The number of methoxy groups -OCH3 is 2. The van der Waals surface area contributed by atoms with E-state index in [-0.39, 0.29) is 6.61 Å². The zero-order valence-electron chi connectivity index (χ0n) is 11.8. The Kier molecular flexibility index (Phi) is 5.06. The summed E-state index contributed by atoms with van der Waals surface area (Å²) in [5, 5.41) is 3.31. The molecule has 0 radical (unpaired) electrons. The van der Waals surface area contributed by atoms with Crippen molar-refractivity contribution in [1.82, 2.24) is 5.32 Å². The molecule has 110 valence electrons. The average molecular weight is 280 g/mol. The van der Waals surface area contributed by atoms with Gasteiger partial charge in [0.05, 0.1) is 14.2 Å². The maximum Gasteiger partial charge on any atom is 0.343 e. The fourth-order valence-electron chi connectivity index (χ4n) is 2.09. The van der Waals surface area contributed by atoms with Gasteiger partial charge in [-0.1, -0.05) is 0 Å². The van der Waals surface area contributed by atoms with Gasteiger partial charge in [0.1, 0.15) is 0 Å². The summed E-state index contributed by atoms with van der Waals surface area (Å²) in [6.45, 7) is 3.69. The van der Waals surface area contributed by atoms with Crippen molar-refractivity contribution in [2.24, 2.45) is 0 Å². The Hall–Kier alpha value is -1.95. The SMILES string of the molecule is COC(=O)COc1cc(N2CCNCC2)ccc1OC. The number of nitrogens with zero attached hydrogens (tertiary/aromatic N) is 1. The van der Waals surface area contributed by atoms with Crippen LogP contribution in [0.3, 0.4) is 0 Å². The highest BCUT2D eigenvalue weighted by Gasteiger charge is 2.14. The third kappa shape index (κ3) is 3.54. The summed E-state index contributed by atoms with van der Waals surface area (Å²) >= 11 is 0. The number of esters is 1. The number of benzene rings is 1. The first-order chi connectivity index (χ1) is 9.74. The van der Waals surface area contributed by atoms with Crippen LogP contribution in [0.2, 0.25) is 0 Å². The first-order valence-corrected chi connectivity index (χ1v) is 6.58. The second-order valence-corrected chi connectivity index (χ2v) is 4.44. The number of carbonyl (C=O) groups is 1. The zero-order chi connectivity index (χ0) is 14.4. The lowest BCUT2D eigenvalue weighted by atomic mass is 10.2. The lowest BCUT2D eigenvalue weighted by molar-refractivity contribution is -0.142. The van der Waals surface area contributed by atoms with Crippen molar-refractivity contribution in [3.05, 3.63) is 18.2 Å². The molecule has 1 heterocycles. The molecule has 2 rings (SSSR count). The smallest absolute Gasteiger partial charge is 0.343 e. The molecule has 1 aromatic carbocycles. The summed E-state index contributed by atoms with van der Waals surface area (Å²) in [5.74, 6) is 0.737. The van der Waals surface area contributed by atoms with E-state index in [0.717, 1.165) is 31.9 Å². The van der Waals surface area contributed by atoms with Crippen molar-refractivity contribution in [1.29, 1.82) is 0 Å². The van der Waals surface area contributed by atoms with Crippen molar-refractivity contribution in [2.45, 2.75) is 0 Å². The molecule has 0 aromatic heterocycles. The lowest BCUT2D eigenvalue weighted by Gasteiger charge is -2.29. The number of piperazine rings is 1. The summed E-state index contributed by atoms with van der Waals surface area (Å²) in [7, 11) is 2.91. The van der Waals surface area contributed by atoms with Gasteiger partial charge in [0.2, 0.25) is 0 Å². The van der Waals surface area contributed by atoms with Gasteiger partial charge >= 0.3 is 5.97 Å². The third-order valence-corrected chi connectivity index (χ3v) is 3.20. The maximum absolute atomic E-state index is 11.2. The van der Waals surface area contributed by atoms with Gasteiger partial charge in [-0.25, -0.2) is 4.79 Å². The predicted molar refractivity (Wildman–Crippen MR) is 75.6 cm³/mol. The van der Waals surface area contributed by atoms with Crippen LogP contribution in [0.5, 0.6) is 11.5 Å². The highest BCUT2D eigenvalue weighted by atomic mass is 16.6. The summed E-state index contributed by atoms with van der Waals surface area (Å²) < 4.78 is 15.3. The zero-order valence-corrected chi connectivity index (χ0v) is 11.8. The highest BCUT2D eigenvalue weighted by Crippen LogP contribution is 2.32. The summed E-state index contributed by atoms with van der Waals surface area (Å²) in [6, 6.07) is 5.74. The van der Waals surface area contributed by atoms with E-state index >= 15 is 0 Å². The van der Waals surface area contributed by atoms with Crippen molar-refractivity contribution >= 4 is 11.7 Å². The van der Waals surface area contributed by atoms with E-state index in [4.69, 9.17) is 9.47 Å². The standard InChI is InChI=1S/C14H20N2O4/c1-18-12-4-3-11(16-7-5-15-6-8-16)9-13(12)20-10-14(17)19-2/h3-4,9,15H,5-8,10H2,1-2H3. The van der Waals surface area contributed by atoms with Crippen LogP contribution in [0.4, 0.5) is 5.69 Å². The number of carbonyl (C=O) groups excluding carboxylic acids is 1. The molecule has 20 heavy (non-hydrogen) atoms. The fraction of sp³-hybridized carbons (Fsp3) is 0.500. The van der Waals surface area contributed by atoms with Gasteiger partial charge in [-0.05, 0) is 12.1 Å². The second-order valence-electron chi connectivity index (χ2n) is 4.44. The molecule has 6 nitrogen and oxygen atoms in total. The lowest BCUT2D eigenvalue weighted by Crippen LogP contribution is -2.43. The van der Waals surface area contributed by atoms with Crippen LogP contribution in [0.1, 0.15) is 0 Å². The molecule has 1 N–H and O–H groups in total. The molecule has 0 saturated carbocycles. The molecule has 1 aliphatic heterocycles. The minimum absolute atomic E-state index is 0.127. The molecule has 1 saturated heterocycles. The Morgan fingerprint density at radius 3 is 2.65 bits per heavy atom. The van der Waals surface area contributed by atoms with E-state index in [1.165, 1.54) is 7.11 Å². The topological polar surface area (TPSA) is 60.0 Å². The van der Waals surface area contributed by atoms with Gasteiger partial charge in [-0.3, -0.25) is 0 Å². The summed E-state index contributed by atoms with van der Waals surface area (Å²) in [5.41, 5.74) is 1.06. The molecule has 1 aliphatic rings. The number of hydrogen-bond donors (Lipinski definition) is 1. The molecule has 0 amide bonds. The quantitative estimate of drug-likeness (QED) is 0.799. The first-order valence-electron chi connectivity index (χ1n) is 6.58. The Morgan fingerprint density at radius 2 is 2.00 bits per heavy atom. The normalized spacial score (nSPS) is 14.8. The molecule has 1 aromatic rings. The molecule has 6 heteroatoms. The highest BCUT2D eigenvalue weighted by molar-refractivity contribution is 5.71. The van der Waals surface area contributed by atoms with Crippen molar-refractivity contribution in [2.75, 3.05) is 51.9 Å². The van der Waals surface area contributed by atoms with E-state index in [0.29, 0.717) is 11.5 Å².